The number of hydrogen-bond donors (Lipinski definition) is 2. The number of aliphatic hydroxyl groups is 1. The molecule has 1 unspecified atom stereocenters. The van der Waals surface area contributed by atoms with Gasteiger partial charge in [-0.25, -0.2) is 0 Å². The molecule has 0 bridgehead atoms. The molecule has 0 aliphatic rings. The predicted octanol–water partition coefficient (Wildman–Crippen LogP) is 0.754. The molecule has 0 saturated heterocycles. The quantitative estimate of drug-likeness (QED) is 0.454. The van der Waals surface area contributed by atoms with Crippen LogP contribution in [0.5, 0.6) is 0 Å². The van der Waals surface area contributed by atoms with Gasteiger partial charge in [-0.05, 0) is 19.3 Å². The normalized spacial score (nSPS) is 11.8. The second-order valence-electron chi connectivity index (χ2n) is 2.70. The van der Waals surface area contributed by atoms with Crippen LogP contribution in [0.15, 0.2) is 0 Å². The van der Waals surface area contributed by atoms with Gasteiger partial charge in [0.25, 0.3) is 0 Å². The number of unbranched alkanes of at least 4 members (excludes halogenated alkanes) is 1. The Morgan fingerprint density at radius 1 is 1.42 bits per heavy atom. The first-order valence-corrected chi connectivity index (χ1v) is 4.06. The average Bonchev–Trinajstić information content (AvgIpc) is 1.97. The molecule has 0 fully saturated rings. The van der Waals surface area contributed by atoms with E-state index >= 15 is 0 Å². The number of carbonyl (C=O) groups is 1. The first-order chi connectivity index (χ1) is 5.16. The second kappa shape index (κ2) is 9.12. The van der Waals surface area contributed by atoms with Crippen LogP contribution in [0.1, 0.15) is 39.0 Å². The maximum absolute atomic E-state index is 10.1. The van der Waals surface area contributed by atoms with Gasteiger partial charge in [0.15, 0.2) is 0 Å². The molecular formula is C8H17LiO3. The van der Waals surface area contributed by atoms with Crippen molar-refractivity contribution in [1.29, 1.82) is 0 Å². The van der Waals surface area contributed by atoms with Gasteiger partial charge in [-0.2, -0.15) is 0 Å². The average molecular weight is 168 g/mol. The minimum atomic E-state index is -0.754. The molecule has 0 aliphatic heterocycles. The molecular weight excluding hydrogens is 151 g/mol. The Labute approximate surface area is 85.3 Å². The topological polar surface area (TPSA) is 57.5 Å². The summed E-state index contributed by atoms with van der Waals surface area (Å²) >= 11 is 0. The third kappa shape index (κ3) is 10.0. The summed E-state index contributed by atoms with van der Waals surface area (Å²) in [5.41, 5.74) is 0. The van der Waals surface area contributed by atoms with Crippen molar-refractivity contribution in [3.63, 3.8) is 0 Å². The zero-order chi connectivity index (χ0) is 8.69. The fourth-order valence-electron chi connectivity index (χ4n) is 0.860. The summed E-state index contributed by atoms with van der Waals surface area (Å²) < 4.78 is 0. The third-order valence-corrected chi connectivity index (χ3v) is 1.65. The minimum absolute atomic E-state index is 0. The molecule has 3 nitrogen and oxygen atoms in total. The van der Waals surface area contributed by atoms with E-state index in [4.69, 9.17) is 10.2 Å². The van der Waals surface area contributed by atoms with Crippen LogP contribution in [0, 0.1) is 0 Å². The van der Waals surface area contributed by atoms with Crippen LogP contribution in [0.25, 0.3) is 0 Å². The Morgan fingerprint density at radius 2 is 2.00 bits per heavy atom. The van der Waals surface area contributed by atoms with Crippen molar-refractivity contribution in [3.05, 3.63) is 0 Å². The molecule has 0 aliphatic carbocycles. The van der Waals surface area contributed by atoms with Crippen molar-refractivity contribution in [2.45, 2.75) is 45.1 Å². The van der Waals surface area contributed by atoms with Crippen LogP contribution in [0.3, 0.4) is 0 Å². The SMILES string of the molecule is CCC(O)CCCCC(=O)O.[LiH]. The zero-order valence-electron chi connectivity index (χ0n) is 6.92. The van der Waals surface area contributed by atoms with Crippen molar-refractivity contribution in [3.8, 4) is 0 Å². The predicted molar refractivity (Wildman–Crippen MR) is 49.6 cm³/mol. The number of aliphatic hydroxyl groups excluding tert-OH is 1. The molecule has 0 rings (SSSR count). The van der Waals surface area contributed by atoms with Crippen molar-refractivity contribution in [2.24, 2.45) is 0 Å². The molecule has 4 heteroatoms. The van der Waals surface area contributed by atoms with E-state index in [1.165, 1.54) is 0 Å². The summed E-state index contributed by atoms with van der Waals surface area (Å²) in [7, 11) is 0. The number of aliphatic carboxylic acids is 1. The second-order valence-corrected chi connectivity index (χ2v) is 2.70. The van der Waals surface area contributed by atoms with Crippen LogP contribution in [0.4, 0.5) is 0 Å². The van der Waals surface area contributed by atoms with Gasteiger partial charge < -0.3 is 10.2 Å². The van der Waals surface area contributed by atoms with E-state index in [0.29, 0.717) is 6.42 Å². The molecule has 2 N–H and O–H groups in total. The number of rotatable bonds is 6. The Bertz CT molecular complexity index is 117. The number of hydrogen-bond acceptors (Lipinski definition) is 2. The zero-order valence-corrected chi connectivity index (χ0v) is 6.92. The van der Waals surface area contributed by atoms with Gasteiger partial charge >= 0.3 is 24.8 Å². The van der Waals surface area contributed by atoms with Gasteiger partial charge in [-0.1, -0.05) is 13.3 Å². The van der Waals surface area contributed by atoms with E-state index < -0.39 is 5.97 Å². The Morgan fingerprint density at radius 3 is 2.42 bits per heavy atom. The molecule has 0 amide bonds. The van der Waals surface area contributed by atoms with Gasteiger partial charge in [0, 0.05) is 6.42 Å². The monoisotopic (exact) mass is 168 g/mol. The fraction of sp³-hybridized carbons (Fsp3) is 0.875. The maximum atomic E-state index is 10.1. The third-order valence-electron chi connectivity index (χ3n) is 1.65. The van der Waals surface area contributed by atoms with Crippen LogP contribution >= 0.6 is 0 Å². The molecule has 1 atom stereocenters. The molecule has 0 spiro atoms. The molecule has 12 heavy (non-hydrogen) atoms. The van der Waals surface area contributed by atoms with E-state index in [1.807, 2.05) is 6.92 Å². The Kier molecular flexibility index (Phi) is 11.1. The van der Waals surface area contributed by atoms with Crippen molar-refractivity contribution in [2.75, 3.05) is 0 Å². The summed E-state index contributed by atoms with van der Waals surface area (Å²) in [5, 5.41) is 17.3. The van der Waals surface area contributed by atoms with Crippen molar-refractivity contribution in [1.82, 2.24) is 0 Å². The van der Waals surface area contributed by atoms with Gasteiger partial charge in [-0.3, -0.25) is 4.79 Å². The Hall–Kier alpha value is 0.0274. The Balaban J connectivity index is 0. The molecule has 0 radical (unpaired) electrons. The summed E-state index contributed by atoms with van der Waals surface area (Å²) in [6.45, 7) is 1.92. The van der Waals surface area contributed by atoms with E-state index in [-0.39, 0.29) is 31.4 Å². The molecule has 0 aromatic heterocycles. The standard InChI is InChI=1S/C8H16O3.Li.H/c1-2-7(9)5-3-4-6-8(10)11;;/h7,9H,2-6H2,1H3,(H,10,11);;. The number of carboxylic acid groups (broad SMARTS) is 1. The van der Waals surface area contributed by atoms with E-state index in [9.17, 15) is 4.79 Å². The molecule has 0 aromatic carbocycles. The first-order valence-electron chi connectivity index (χ1n) is 4.06. The van der Waals surface area contributed by atoms with Crippen molar-refractivity contribution >= 4 is 24.8 Å². The van der Waals surface area contributed by atoms with Crippen molar-refractivity contribution < 1.29 is 15.0 Å². The van der Waals surface area contributed by atoms with Gasteiger partial charge in [-0.15, -0.1) is 0 Å². The van der Waals surface area contributed by atoms with E-state index in [0.717, 1.165) is 19.3 Å². The van der Waals surface area contributed by atoms with Crippen LogP contribution in [-0.2, 0) is 4.79 Å². The number of carboxylic acids is 1. The van der Waals surface area contributed by atoms with Crippen LogP contribution < -0.4 is 0 Å². The van der Waals surface area contributed by atoms with Crippen LogP contribution in [-0.4, -0.2) is 41.1 Å². The van der Waals surface area contributed by atoms with Crippen LogP contribution in [0.2, 0.25) is 0 Å². The molecule has 0 saturated carbocycles. The summed E-state index contributed by atoms with van der Waals surface area (Å²) in [6.07, 6.45) is 2.94. The molecule has 68 valence electrons. The van der Waals surface area contributed by atoms with E-state index in [2.05, 4.69) is 0 Å². The fourth-order valence-corrected chi connectivity index (χ4v) is 0.860. The summed E-state index contributed by atoms with van der Waals surface area (Å²) in [6, 6.07) is 0. The molecule has 0 aromatic rings. The summed E-state index contributed by atoms with van der Waals surface area (Å²) in [5.74, 6) is -0.754. The summed E-state index contributed by atoms with van der Waals surface area (Å²) in [4.78, 5) is 10.1. The van der Waals surface area contributed by atoms with E-state index in [1.54, 1.807) is 0 Å². The van der Waals surface area contributed by atoms with Gasteiger partial charge in [0.05, 0.1) is 6.10 Å². The van der Waals surface area contributed by atoms with Gasteiger partial charge in [0.2, 0.25) is 0 Å². The van der Waals surface area contributed by atoms with Gasteiger partial charge in [0.1, 0.15) is 0 Å². The first kappa shape index (κ1) is 14.5. The molecule has 0 heterocycles.